The third-order valence-electron chi connectivity index (χ3n) is 3.12. The number of hydrogen-bond donors (Lipinski definition) is 0. The van der Waals surface area contributed by atoms with Gasteiger partial charge in [0.05, 0.1) is 39.3 Å². The van der Waals surface area contributed by atoms with Crippen LogP contribution in [0.5, 0.6) is 0 Å². The smallest absolute Gasteiger partial charge is 0.129 e. The van der Waals surface area contributed by atoms with Gasteiger partial charge < -0.3 is 0 Å². The maximum absolute atomic E-state index is 9.08. The molecule has 0 spiro atoms. The summed E-state index contributed by atoms with van der Waals surface area (Å²) in [6, 6.07) is 13.0. The molecule has 3 aromatic rings. The van der Waals surface area contributed by atoms with Crippen molar-refractivity contribution in [1.82, 2.24) is 9.55 Å². The van der Waals surface area contributed by atoms with Crippen LogP contribution in [0, 0.1) is 11.3 Å². The van der Waals surface area contributed by atoms with Crippen LogP contribution in [0.15, 0.2) is 40.9 Å². The van der Waals surface area contributed by atoms with Gasteiger partial charge in [-0.3, -0.25) is 4.57 Å². The molecule has 6 heteroatoms. The predicted octanol–water partition coefficient (Wildman–Crippen LogP) is 5.05. The Hall–Kier alpha value is -1.54. The fraction of sp³-hybridized carbons (Fsp3) is 0.0667. The molecule has 0 aliphatic rings. The lowest BCUT2D eigenvalue weighted by atomic mass is 10.2. The normalized spacial score (nSPS) is 10.8. The summed E-state index contributed by atoms with van der Waals surface area (Å²) in [5.41, 5.74) is 2.93. The van der Waals surface area contributed by atoms with Crippen molar-refractivity contribution in [3.05, 3.63) is 57.3 Å². The minimum absolute atomic E-state index is 0.249. The SMILES string of the molecule is N#Cc1ccc2nc(CCl)n(-c3cc(Br)ccc3Cl)c2c1. The molecule has 0 unspecified atom stereocenters. The predicted molar refractivity (Wildman–Crippen MR) is 88.1 cm³/mol. The highest BCUT2D eigenvalue weighted by atomic mass is 79.9. The van der Waals surface area contributed by atoms with E-state index in [1.54, 1.807) is 18.2 Å². The summed E-state index contributed by atoms with van der Waals surface area (Å²) in [6.07, 6.45) is 0. The molecule has 0 bridgehead atoms. The molecule has 0 radical (unpaired) electrons. The highest BCUT2D eigenvalue weighted by molar-refractivity contribution is 9.10. The van der Waals surface area contributed by atoms with Gasteiger partial charge in [-0.2, -0.15) is 5.26 Å². The Morgan fingerprint density at radius 3 is 2.76 bits per heavy atom. The summed E-state index contributed by atoms with van der Waals surface area (Å²) in [7, 11) is 0. The van der Waals surface area contributed by atoms with Crippen LogP contribution in [0.25, 0.3) is 16.7 Å². The maximum Gasteiger partial charge on any atom is 0.129 e. The van der Waals surface area contributed by atoms with Gasteiger partial charge in [-0.05, 0) is 36.4 Å². The Balaban J connectivity index is 2.39. The van der Waals surface area contributed by atoms with E-state index in [-0.39, 0.29) is 5.88 Å². The molecule has 0 saturated heterocycles. The second kappa shape index (κ2) is 5.69. The molecule has 1 aromatic heterocycles. The second-order valence-corrected chi connectivity index (χ2v) is 6.00. The van der Waals surface area contributed by atoms with Gasteiger partial charge in [0.25, 0.3) is 0 Å². The molecule has 2 aromatic carbocycles. The highest BCUT2D eigenvalue weighted by Gasteiger charge is 2.15. The van der Waals surface area contributed by atoms with Gasteiger partial charge in [0.15, 0.2) is 0 Å². The molecule has 104 valence electrons. The number of hydrogen-bond acceptors (Lipinski definition) is 2. The van der Waals surface area contributed by atoms with Crippen LogP contribution in [0.2, 0.25) is 5.02 Å². The largest absolute Gasteiger partial charge is 0.294 e. The zero-order valence-corrected chi connectivity index (χ0v) is 13.7. The molecular formula is C15H8BrCl2N3. The van der Waals surface area contributed by atoms with Crippen LogP contribution in [0.3, 0.4) is 0 Å². The number of rotatable bonds is 2. The molecule has 0 amide bonds. The first kappa shape index (κ1) is 14.4. The number of nitrogens with zero attached hydrogens (tertiary/aromatic N) is 3. The Morgan fingerprint density at radius 2 is 2.05 bits per heavy atom. The van der Waals surface area contributed by atoms with Crippen molar-refractivity contribution in [3.63, 3.8) is 0 Å². The van der Waals surface area contributed by atoms with Crippen molar-refractivity contribution in [2.24, 2.45) is 0 Å². The second-order valence-electron chi connectivity index (χ2n) is 4.41. The van der Waals surface area contributed by atoms with Crippen molar-refractivity contribution < 1.29 is 0 Å². The fourth-order valence-electron chi connectivity index (χ4n) is 2.21. The number of imidazole rings is 1. The standard InChI is InChI=1S/C15H8BrCl2N3/c16-10-2-3-11(18)13(6-10)21-14-5-9(8-19)1-4-12(14)20-15(21)7-17/h1-6H,7H2. The molecule has 0 aliphatic heterocycles. The molecule has 0 atom stereocenters. The zero-order valence-electron chi connectivity index (χ0n) is 10.6. The van der Waals surface area contributed by atoms with Gasteiger partial charge in [-0.25, -0.2) is 4.98 Å². The van der Waals surface area contributed by atoms with Crippen molar-refractivity contribution in [2.45, 2.75) is 5.88 Å². The van der Waals surface area contributed by atoms with Crippen LogP contribution in [-0.4, -0.2) is 9.55 Å². The summed E-state index contributed by atoms with van der Waals surface area (Å²) < 4.78 is 2.79. The summed E-state index contributed by atoms with van der Waals surface area (Å²) in [5, 5.41) is 9.67. The van der Waals surface area contributed by atoms with E-state index in [9.17, 15) is 0 Å². The first-order valence-corrected chi connectivity index (χ1v) is 7.77. The van der Waals surface area contributed by atoms with Crippen molar-refractivity contribution >= 4 is 50.2 Å². The molecular weight excluding hydrogens is 373 g/mol. The summed E-state index contributed by atoms with van der Waals surface area (Å²) in [5.74, 6) is 0.932. The monoisotopic (exact) mass is 379 g/mol. The van der Waals surface area contributed by atoms with Gasteiger partial charge >= 0.3 is 0 Å². The van der Waals surface area contributed by atoms with Crippen LogP contribution in [-0.2, 0) is 5.88 Å². The van der Waals surface area contributed by atoms with Crippen LogP contribution >= 0.6 is 39.1 Å². The van der Waals surface area contributed by atoms with E-state index in [0.717, 1.165) is 21.2 Å². The lowest BCUT2D eigenvalue weighted by Crippen LogP contribution is -2.00. The minimum Gasteiger partial charge on any atom is -0.294 e. The lowest BCUT2D eigenvalue weighted by Gasteiger charge is -2.10. The summed E-state index contributed by atoms with van der Waals surface area (Å²) in [6.45, 7) is 0. The van der Waals surface area contributed by atoms with E-state index in [0.29, 0.717) is 16.4 Å². The van der Waals surface area contributed by atoms with Crippen molar-refractivity contribution in [2.75, 3.05) is 0 Å². The minimum atomic E-state index is 0.249. The van der Waals surface area contributed by atoms with E-state index in [2.05, 4.69) is 27.0 Å². The maximum atomic E-state index is 9.08. The average Bonchev–Trinajstić information content (AvgIpc) is 2.87. The van der Waals surface area contributed by atoms with E-state index >= 15 is 0 Å². The highest BCUT2D eigenvalue weighted by Crippen LogP contribution is 2.30. The number of halogens is 3. The average molecular weight is 381 g/mol. The number of benzene rings is 2. The van der Waals surface area contributed by atoms with Gasteiger partial charge in [0.2, 0.25) is 0 Å². The molecule has 21 heavy (non-hydrogen) atoms. The number of nitriles is 1. The molecule has 0 N–H and O–H groups in total. The van der Waals surface area contributed by atoms with Crippen LogP contribution in [0.1, 0.15) is 11.4 Å². The molecule has 1 heterocycles. The van der Waals surface area contributed by atoms with E-state index in [1.807, 2.05) is 22.8 Å². The third kappa shape index (κ3) is 2.53. The topological polar surface area (TPSA) is 41.6 Å². The van der Waals surface area contributed by atoms with Crippen molar-refractivity contribution in [1.29, 1.82) is 5.26 Å². The van der Waals surface area contributed by atoms with E-state index in [4.69, 9.17) is 28.5 Å². The fourth-order valence-corrected chi connectivity index (χ4v) is 2.94. The van der Waals surface area contributed by atoms with Gasteiger partial charge in [-0.15, -0.1) is 11.6 Å². The first-order chi connectivity index (χ1) is 10.1. The van der Waals surface area contributed by atoms with Gasteiger partial charge in [-0.1, -0.05) is 27.5 Å². The number of fused-ring (bicyclic) bond motifs is 1. The molecule has 3 nitrogen and oxygen atoms in total. The third-order valence-corrected chi connectivity index (χ3v) is 4.17. The summed E-state index contributed by atoms with van der Waals surface area (Å²) >= 11 is 15.8. The Labute approximate surface area is 139 Å². The molecule has 0 saturated carbocycles. The van der Waals surface area contributed by atoms with Crippen LogP contribution < -0.4 is 0 Å². The van der Waals surface area contributed by atoms with E-state index < -0.39 is 0 Å². The molecule has 0 aliphatic carbocycles. The lowest BCUT2D eigenvalue weighted by molar-refractivity contribution is 0.981. The first-order valence-electron chi connectivity index (χ1n) is 6.07. The Bertz CT molecular complexity index is 880. The molecule has 0 fully saturated rings. The Morgan fingerprint density at radius 1 is 1.24 bits per heavy atom. The van der Waals surface area contributed by atoms with Crippen LogP contribution in [0.4, 0.5) is 0 Å². The quantitative estimate of drug-likeness (QED) is 0.583. The Kier molecular flexibility index (Phi) is 3.90. The van der Waals surface area contributed by atoms with Gasteiger partial charge in [0, 0.05) is 4.47 Å². The van der Waals surface area contributed by atoms with E-state index in [1.165, 1.54) is 0 Å². The number of aromatic nitrogens is 2. The summed E-state index contributed by atoms with van der Waals surface area (Å²) in [4.78, 5) is 4.50. The van der Waals surface area contributed by atoms with Gasteiger partial charge in [0.1, 0.15) is 5.82 Å². The molecule has 3 rings (SSSR count). The number of alkyl halides is 1. The zero-order chi connectivity index (χ0) is 15.0. The van der Waals surface area contributed by atoms with Crippen molar-refractivity contribution in [3.8, 4) is 11.8 Å².